The fourth-order valence-corrected chi connectivity index (χ4v) is 2.46. The number of carbonyl (C=O) groups is 1. The minimum atomic E-state index is -0.285. The summed E-state index contributed by atoms with van der Waals surface area (Å²) in [5.74, 6) is -0.224. The molecule has 1 saturated heterocycles. The first kappa shape index (κ1) is 12.8. The standard InChI is InChI=1S/C14H15FN4O/c15-12-3-1-11(2-4-12)9-14(20)18-8-5-13(10-18)19-16-6-7-17-19/h1-4,6-7,13H,5,8-10H2. The number of rotatable bonds is 3. The zero-order valence-corrected chi connectivity index (χ0v) is 10.9. The van der Waals surface area contributed by atoms with Crippen molar-refractivity contribution >= 4 is 5.91 Å². The van der Waals surface area contributed by atoms with Crippen LogP contribution in [0.1, 0.15) is 18.0 Å². The van der Waals surface area contributed by atoms with E-state index in [0.29, 0.717) is 19.5 Å². The number of carbonyl (C=O) groups excluding carboxylic acids is 1. The largest absolute Gasteiger partial charge is 0.340 e. The highest BCUT2D eigenvalue weighted by atomic mass is 19.1. The number of aromatic nitrogens is 3. The van der Waals surface area contributed by atoms with E-state index in [1.165, 1.54) is 12.1 Å². The average Bonchev–Trinajstić information content (AvgIpc) is 3.11. The van der Waals surface area contributed by atoms with E-state index in [2.05, 4.69) is 10.2 Å². The lowest BCUT2D eigenvalue weighted by atomic mass is 10.1. The summed E-state index contributed by atoms with van der Waals surface area (Å²) in [5.41, 5.74) is 0.831. The lowest BCUT2D eigenvalue weighted by Gasteiger charge is -2.16. The van der Waals surface area contributed by atoms with E-state index in [-0.39, 0.29) is 17.8 Å². The fraction of sp³-hybridized carbons (Fsp3) is 0.357. The Morgan fingerprint density at radius 3 is 2.65 bits per heavy atom. The minimum Gasteiger partial charge on any atom is -0.340 e. The topological polar surface area (TPSA) is 51.0 Å². The molecule has 1 aliphatic heterocycles. The molecule has 2 aromatic rings. The highest BCUT2D eigenvalue weighted by Gasteiger charge is 2.28. The number of nitrogens with zero attached hydrogens (tertiary/aromatic N) is 4. The van der Waals surface area contributed by atoms with Gasteiger partial charge in [-0.2, -0.15) is 15.0 Å². The molecule has 1 amide bonds. The van der Waals surface area contributed by atoms with Crippen molar-refractivity contribution in [1.29, 1.82) is 0 Å². The number of halogens is 1. The maximum absolute atomic E-state index is 12.8. The van der Waals surface area contributed by atoms with Crippen molar-refractivity contribution in [3.8, 4) is 0 Å². The van der Waals surface area contributed by atoms with E-state index in [1.807, 2.05) is 4.90 Å². The summed E-state index contributed by atoms with van der Waals surface area (Å²) in [4.78, 5) is 15.7. The predicted octanol–water partition coefficient (Wildman–Crippen LogP) is 1.43. The SMILES string of the molecule is O=C(Cc1ccc(F)cc1)N1CCC(n2nccn2)C1. The number of hydrogen-bond acceptors (Lipinski definition) is 3. The maximum atomic E-state index is 12.8. The van der Waals surface area contributed by atoms with Gasteiger partial charge in [0, 0.05) is 13.1 Å². The fourth-order valence-electron chi connectivity index (χ4n) is 2.46. The molecule has 0 spiro atoms. The van der Waals surface area contributed by atoms with Gasteiger partial charge in [-0.05, 0) is 24.1 Å². The molecule has 1 aliphatic rings. The molecule has 5 nitrogen and oxygen atoms in total. The third-order valence-electron chi connectivity index (χ3n) is 3.55. The Labute approximate surface area is 116 Å². The summed E-state index contributed by atoms with van der Waals surface area (Å²) in [7, 11) is 0. The van der Waals surface area contributed by atoms with E-state index < -0.39 is 0 Å². The molecule has 0 N–H and O–H groups in total. The molecule has 0 aliphatic carbocycles. The Bertz CT molecular complexity index is 582. The van der Waals surface area contributed by atoms with Gasteiger partial charge >= 0.3 is 0 Å². The molecule has 0 bridgehead atoms. The zero-order valence-electron chi connectivity index (χ0n) is 10.9. The van der Waals surface area contributed by atoms with Gasteiger partial charge in [-0.1, -0.05) is 12.1 Å². The number of benzene rings is 1. The predicted molar refractivity (Wildman–Crippen MR) is 70.4 cm³/mol. The van der Waals surface area contributed by atoms with Crippen molar-refractivity contribution in [3.05, 3.63) is 48.0 Å². The first-order chi connectivity index (χ1) is 9.72. The Hall–Kier alpha value is -2.24. The van der Waals surface area contributed by atoms with Gasteiger partial charge in [0.25, 0.3) is 0 Å². The monoisotopic (exact) mass is 274 g/mol. The second-order valence-corrected chi connectivity index (χ2v) is 4.93. The smallest absolute Gasteiger partial charge is 0.227 e. The lowest BCUT2D eigenvalue weighted by Crippen LogP contribution is -2.30. The van der Waals surface area contributed by atoms with E-state index in [1.54, 1.807) is 29.3 Å². The third kappa shape index (κ3) is 2.68. The van der Waals surface area contributed by atoms with Crippen molar-refractivity contribution in [1.82, 2.24) is 19.9 Å². The molecule has 6 heteroatoms. The third-order valence-corrected chi connectivity index (χ3v) is 3.55. The van der Waals surface area contributed by atoms with Crippen LogP contribution in [-0.2, 0) is 11.2 Å². The van der Waals surface area contributed by atoms with Crippen molar-refractivity contribution in [2.45, 2.75) is 18.9 Å². The van der Waals surface area contributed by atoms with Crippen LogP contribution in [0.3, 0.4) is 0 Å². The Morgan fingerprint density at radius 1 is 1.25 bits per heavy atom. The molecular weight excluding hydrogens is 259 g/mol. The van der Waals surface area contributed by atoms with Crippen molar-refractivity contribution in [2.75, 3.05) is 13.1 Å². The number of hydrogen-bond donors (Lipinski definition) is 0. The van der Waals surface area contributed by atoms with Gasteiger partial charge in [0.2, 0.25) is 5.91 Å². The molecule has 1 unspecified atom stereocenters. The van der Waals surface area contributed by atoms with Crippen LogP contribution >= 0.6 is 0 Å². The van der Waals surface area contributed by atoms with Gasteiger partial charge in [-0.15, -0.1) is 0 Å². The summed E-state index contributed by atoms with van der Waals surface area (Å²) in [5, 5.41) is 8.22. The zero-order chi connectivity index (χ0) is 13.9. The molecule has 1 aromatic carbocycles. The molecule has 0 radical (unpaired) electrons. The number of amides is 1. The Balaban J connectivity index is 1.60. The summed E-state index contributed by atoms with van der Waals surface area (Å²) < 4.78 is 12.8. The van der Waals surface area contributed by atoms with Crippen LogP contribution in [0.15, 0.2) is 36.7 Å². The van der Waals surface area contributed by atoms with Crippen molar-refractivity contribution in [3.63, 3.8) is 0 Å². The molecule has 1 fully saturated rings. The van der Waals surface area contributed by atoms with E-state index in [0.717, 1.165) is 12.0 Å². The van der Waals surface area contributed by atoms with Crippen LogP contribution in [0.4, 0.5) is 4.39 Å². The first-order valence-corrected chi connectivity index (χ1v) is 6.60. The van der Waals surface area contributed by atoms with Crippen LogP contribution in [0, 0.1) is 5.82 Å². The van der Waals surface area contributed by atoms with Gasteiger partial charge in [0.1, 0.15) is 5.82 Å². The maximum Gasteiger partial charge on any atom is 0.227 e. The minimum absolute atomic E-state index is 0.0614. The summed E-state index contributed by atoms with van der Waals surface area (Å²) in [6.07, 6.45) is 4.45. The van der Waals surface area contributed by atoms with Crippen molar-refractivity contribution in [2.24, 2.45) is 0 Å². The second kappa shape index (κ2) is 5.40. The van der Waals surface area contributed by atoms with Gasteiger partial charge < -0.3 is 4.90 Å². The quantitative estimate of drug-likeness (QED) is 0.851. The molecule has 1 aromatic heterocycles. The van der Waals surface area contributed by atoms with E-state index >= 15 is 0 Å². The van der Waals surface area contributed by atoms with Crippen LogP contribution in [-0.4, -0.2) is 38.9 Å². The van der Waals surface area contributed by atoms with Gasteiger partial charge in [-0.3, -0.25) is 4.79 Å². The van der Waals surface area contributed by atoms with Crippen LogP contribution in [0.25, 0.3) is 0 Å². The summed E-state index contributed by atoms with van der Waals surface area (Å²) in [6, 6.07) is 6.21. The van der Waals surface area contributed by atoms with E-state index in [9.17, 15) is 9.18 Å². The summed E-state index contributed by atoms with van der Waals surface area (Å²) >= 11 is 0. The van der Waals surface area contributed by atoms with Crippen molar-refractivity contribution < 1.29 is 9.18 Å². The van der Waals surface area contributed by atoms with Gasteiger partial charge in [-0.25, -0.2) is 4.39 Å². The molecule has 20 heavy (non-hydrogen) atoms. The normalized spacial score (nSPS) is 18.4. The van der Waals surface area contributed by atoms with Crippen LogP contribution in [0.5, 0.6) is 0 Å². The second-order valence-electron chi connectivity index (χ2n) is 4.93. The first-order valence-electron chi connectivity index (χ1n) is 6.60. The molecule has 2 heterocycles. The molecule has 104 valence electrons. The molecule has 1 atom stereocenters. The molecule has 3 rings (SSSR count). The van der Waals surface area contributed by atoms with E-state index in [4.69, 9.17) is 0 Å². The Kier molecular flexibility index (Phi) is 3.45. The highest BCUT2D eigenvalue weighted by Crippen LogP contribution is 2.20. The van der Waals surface area contributed by atoms with Crippen LogP contribution < -0.4 is 0 Å². The highest BCUT2D eigenvalue weighted by molar-refractivity contribution is 5.79. The molecular formula is C14H15FN4O. The lowest BCUT2D eigenvalue weighted by molar-refractivity contribution is -0.129. The Morgan fingerprint density at radius 2 is 1.95 bits per heavy atom. The summed E-state index contributed by atoms with van der Waals surface area (Å²) in [6.45, 7) is 1.35. The number of likely N-dealkylation sites (tertiary alicyclic amines) is 1. The van der Waals surface area contributed by atoms with Crippen LogP contribution in [0.2, 0.25) is 0 Å². The van der Waals surface area contributed by atoms with Gasteiger partial charge in [0.15, 0.2) is 0 Å². The molecule has 0 saturated carbocycles. The average molecular weight is 274 g/mol. The van der Waals surface area contributed by atoms with Gasteiger partial charge in [0.05, 0.1) is 24.9 Å².